The largest absolute Gasteiger partial charge is 0.463 e. The Morgan fingerprint density at radius 2 is 1.66 bits per heavy atom. The zero-order valence-electron chi connectivity index (χ0n) is 17.4. The van der Waals surface area contributed by atoms with Crippen LogP contribution in [0.2, 0.25) is 0 Å². The maximum atomic E-state index is 12.9. The lowest BCUT2D eigenvalue weighted by Crippen LogP contribution is -2.31. The van der Waals surface area contributed by atoms with Gasteiger partial charge >= 0.3 is 5.97 Å². The first kappa shape index (κ1) is 22.6. The summed E-state index contributed by atoms with van der Waals surface area (Å²) in [4.78, 5) is 25.2. The Hall–Kier alpha value is -2.67. The van der Waals surface area contributed by atoms with Crippen molar-refractivity contribution in [2.75, 3.05) is 6.26 Å². The molecule has 0 saturated carbocycles. The van der Waals surface area contributed by atoms with Gasteiger partial charge in [0, 0.05) is 11.8 Å². The van der Waals surface area contributed by atoms with Gasteiger partial charge in [0.05, 0.1) is 23.5 Å². The van der Waals surface area contributed by atoms with Crippen molar-refractivity contribution in [1.82, 2.24) is 5.32 Å². The van der Waals surface area contributed by atoms with E-state index in [2.05, 4.69) is 5.32 Å². The number of hydrogen-bond donors (Lipinski definition) is 1. The molecule has 0 saturated heterocycles. The SMILES string of the molecule is Cc1ccc(C(CC(=O)OC(C)C)NC(=O)c2cc(S(C)(=O)=O)ccc2C)cc1. The summed E-state index contributed by atoms with van der Waals surface area (Å²) in [6.07, 6.45) is 0.805. The molecule has 0 spiro atoms. The van der Waals surface area contributed by atoms with Crippen LogP contribution in [-0.4, -0.2) is 32.7 Å². The van der Waals surface area contributed by atoms with E-state index in [-0.39, 0.29) is 23.0 Å². The quantitative estimate of drug-likeness (QED) is 0.696. The second kappa shape index (κ2) is 9.22. The fourth-order valence-corrected chi connectivity index (χ4v) is 3.49. The number of carbonyl (C=O) groups is 2. The molecule has 0 radical (unpaired) electrons. The summed E-state index contributed by atoms with van der Waals surface area (Å²) >= 11 is 0. The molecule has 2 aromatic carbocycles. The molecule has 1 N–H and O–H groups in total. The second-order valence-corrected chi connectivity index (χ2v) is 9.44. The second-order valence-electron chi connectivity index (χ2n) is 7.43. The third-order valence-corrected chi connectivity index (χ3v) is 5.52. The number of benzene rings is 2. The Bertz CT molecular complexity index is 994. The molecule has 1 atom stereocenters. The van der Waals surface area contributed by atoms with Gasteiger partial charge in [0.2, 0.25) is 0 Å². The Morgan fingerprint density at radius 1 is 1.03 bits per heavy atom. The molecular formula is C22H27NO5S. The molecule has 0 aliphatic heterocycles. The average Bonchev–Trinajstić information content (AvgIpc) is 2.60. The highest BCUT2D eigenvalue weighted by Crippen LogP contribution is 2.21. The van der Waals surface area contributed by atoms with Crippen LogP contribution in [-0.2, 0) is 19.4 Å². The van der Waals surface area contributed by atoms with Crippen LogP contribution in [0.25, 0.3) is 0 Å². The van der Waals surface area contributed by atoms with Crippen molar-refractivity contribution >= 4 is 21.7 Å². The minimum Gasteiger partial charge on any atom is -0.463 e. The van der Waals surface area contributed by atoms with Crippen molar-refractivity contribution in [2.24, 2.45) is 0 Å². The molecule has 0 aliphatic carbocycles. The number of esters is 1. The number of aryl methyl sites for hydroxylation is 2. The van der Waals surface area contributed by atoms with Crippen LogP contribution >= 0.6 is 0 Å². The third-order valence-electron chi connectivity index (χ3n) is 4.40. The Kier molecular flexibility index (Phi) is 7.19. The average molecular weight is 418 g/mol. The number of hydrogen-bond acceptors (Lipinski definition) is 5. The van der Waals surface area contributed by atoms with Crippen LogP contribution in [0.4, 0.5) is 0 Å². The highest BCUT2D eigenvalue weighted by Gasteiger charge is 2.22. The van der Waals surface area contributed by atoms with Gasteiger partial charge in [0.25, 0.3) is 5.91 Å². The summed E-state index contributed by atoms with van der Waals surface area (Å²) in [5.41, 5.74) is 2.71. The fourth-order valence-electron chi connectivity index (χ4n) is 2.84. The van der Waals surface area contributed by atoms with Gasteiger partial charge in [-0.3, -0.25) is 9.59 Å². The van der Waals surface area contributed by atoms with Crippen molar-refractivity contribution in [3.05, 3.63) is 64.7 Å². The van der Waals surface area contributed by atoms with Crippen molar-refractivity contribution in [2.45, 2.75) is 51.2 Å². The van der Waals surface area contributed by atoms with E-state index in [1.165, 1.54) is 12.1 Å². The van der Waals surface area contributed by atoms with Gasteiger partial charge in [0.15, 0.2) is 9.84 Å². The van der Waals surface area contributed by atoms with E-state index in [0.29, 0.717) is 5.56 Å². The summed E-state index contributed by atoms with van der Waals surface area (Å²) in [5, 5.41) is 2.86. The molecule has 1 amide bonds. The van der Waals surface area contributed by atoms with Gasteiger partial charge in [-0.2, -0.15) is 0 Å². The number of rotatable bonds is 7. The number of carbonyl (C=O) groups excluding carboxylic acids is 2. The minimum absolute atomic E-state index is 0.0300. The molecule has 0 fully saturated rings. The van der Waals surface area contributed by atoms with E-state index in [0.717, 1.165) is 17.4 Å². The predicted octanol–water partition coefficient (Wildman–Crippen LogP) is 3.52. The lowest BCUT2D eigenvalue weighted by molar-refractivity contribution is -0.147. The Labute approximate surface area is 172 Å². The van der Waals surface area contributed by atoms with Crippen molar-refractivity contribution in [3.8, 4) is 0 Å². The van der Waals surface area contributed by atoms with Gasteiger partial charge < -0.3 is 10.1 Å². The number of sulfone groups is 1. The van der Waals surface area contributed by atoms with Crippen molar-refractivity contribution in [3.63, 3.8) is 0 Å². The normalized spacial score (nSPS) is 12.5. The highest BCUT2D eigenvalue weighted by atomic mass is 32.2. The first-order valence-electron chi connectivity index (χ1n) is 9.35. The van der Waals surface area contributed by atoms with Crippen LogP contribution in [0.15, 0.2) is 47.4 Å². The molecule has 7 heteroatoms. The number of nitrogens with one attached hydrogen (secondary N) is 1. The van der Waals surface area contributed by atoms with E-state index in [9.17, 15) is 18.0 Å². The standard InChI is InChI=1S/C22H27NO5S/c1-14(2)28-21(24)13-20(17-9-6-15(3)7-10-17)23-22(25)19-12-18(29(5,26)27)11-8-16(19)4/h6-12,14,20H,13H2,1-5H3,(H,23,25). The summed E-state index contributed by atoms with van der Waals surface area (Å²) < 4.78 is 28.9. The Morgan fingerprint density at radius 3 is 2.21 bits per heavy atom. The van der Waals surface area contributed by atoms with Crippen molar-refractivity contribution < 1.29 is 22.7 Å². The maximum absolute atomic E-state index is 12.9. The maximum Gasteiger partial charge on any atom is 0.308 e. The zero-order valence-corrected chi connectivity index (χ0v) is 18.2. The van der Waals surface area contributed by atoms with E-state index < -0.39 is 27.8 Å². The van der Waals surface area contributed by atoms with Gasteiger partial charge in [0.1, 0.15) is 0 Å². The van der Waals surface area contributed by atoms with Gasteiger partial charge in [-0.1, -0.05) is 35.9 Å². The molecule has 0 aromatic heterocycles. The monoisotopic (exact) mass is 417 g/mol. The fraction of sp³-hybridized carbons (Fsp3) is 0.364. The molecule has 2 rings (SSSR count). The minimum atomic E-state index is -3.45. The molecule has 2 aromatic rings. The number of amides is 1. The third kappa shape index (κ3) is 6.42. The van der Waals surface area contributed by atoms with E-state index in [1.807, 2.05) is 31.2 Å². The number of ether oxygens (including phenoxy) is 1. The van der Waals surface area contributed by atoms with E-state index in [1.54, 1.807) is 26.8 Å². The van der Waals surface area contributed by atoms with Crippen LogP contribution in [0.3, 0.4) is 0 Å². The van der Waals surface area contributed by atoms with Crippen molar-refractivity contribution in [1.29, 1.82) is 0 Å². The molecule has 156 valence electrons. The molecule has 0 heterocycles. The lowest BCUT2D eigenvalue weighted by atomic mass is 10.0. The van der Waals surface area contributed by atoms with Crippen LogP contribution < -0.4 is 5.32 Å². The molecule has 0 aliphatic rings. The first-order chi connectivity index (χ1) is 13.5. The van der Waals surface area contributed by atoms with Gasteiger partial charge in [-0.15, -0.1) is 0 Å². The molecule has 0 bridgehead atoms. The highest BCUT2D eigenvalue weighted by molar-refractivity contribution is 7.90. The summed E-state index contributed by atoms with van der Waals surface area (Å²) in [6, 6.07) is 11.3. The summed E-state index contributed by atoms with van der Waals surface area (Å²) in [6.45, 7) is 7.20. The molecule has 29 heavy (non-hydrogen) atoms. The van der Waals surface area contributed by atoms with Crippen LogP contribution in [0, 0.1) is 13.8 Å². The summed E-state index contributed by atoms with van der Waals surface area (Å²) in [7, 11) is -3.45. The molecule has 1 unspecified atom stereocenters. The van der Waals surface area contributed by atoms with E-state index >= 15 is 0 Å². The molecule has 6 nitrogen and oxygen atoms in total. The van der Waals surface area contributed by atoms with Crippen LogP contribution in [0.1, 0.15) is 53.4 Å². The van der Waals surface area contributed by atoms with Gasteiger partial charge in [-0.25, -0.2) is 8.42 Å². The topological polar surface area (TPSA) is 89.5 Å². The zero-order chi connectivity index (χ0) is 21.8. The lowest BCUT2D eigenvalue weighted by Gasteiger charge is -2.20. The van der Waals surface area contributed by atoms with Crippen LogP contribution in [0.5, 0.6) is 0 Å². The summed E-state index contributed by atoms with van der Waals surface area (Å²) in [5.74, 6) is -0.872. The van der Waals surface area contributed by atoms with E-state index in [4.69, 9.17) is 4.74 Å². The first-order valence-corrected chi connectivity index (χ1v) is 11.2. The predicted molar refractivity (Wildman–Crippen MR) is 112 cm³/mol. The smallest absolute Gasteiger partial charge is 0.308 e. The van der Waals surface area contributed by atoms with Gasteiger partial charge in [-0.05, 0) is 51.0 Å². The Balaban J connectivity index is 2.34. The molecular weight excluding hydrogens is 390 g/mol.